The molecule has 17 heavy (non-hydrogen) atoms. The van der Waals surface area contributed by atoms with Crippen LogP contribution in [-0.2, 0) is 0 Å². The molecule has 0 bridgehead atoms. The van der Waals surface area contributed by atoms with Gasteiger partial charge in [-0.3, -0.25) is 4.79 Å². The first-order valence-electron chi connectivity index (χ1n) is 5.48. The average Bonchev–Trinajstić information content (AvgIpc) is 2.22. The lowest BCUT2D eigenvalue weighted by Gasteiger charge is -2.10. The van der Waals surface area contributed by atoms with Crippen LogP contribution in [0.5, 0.6) is 0 Å². The Morgan fingerprint density at radius 1 is 1.41 bits per heavy atom. The van der Waals surface area contributed by atoms with E-state index >= 15 is 0 Å². The molecule has 0 radical (unpaired) electrons. The molecule has 3 N–H and O–H groups in total. The summed E-state index contributed by atoms with van der Waals surface area (Å²) in [6.07, 6.45) is 0.933. The third kappa shape index (κ3) is 5.19. The summed E-state index contributed by atoms with van der Waals surface area (Å²) in [5, 5.41) is 2.87. The van der Waals surface area contributed by atoms with Crippen molar-refractivity contribution in [1.29, 1.82) is 0 Å². The van der Waals surface area contributed by atoms with Crippen LogP contribution in [0.25, 0.3) is 0 Å². The minimum absolute atomic E-state index is 0.0863. The number of nitrogens with zero attached hydrogens (tertiary/aromatic N) is 1. The van der Waals surface area contributed by atoms with Gasteiger partial charge in [-0.15, -0.1) is 0 Å². The summed E-state index contributed by atoms with van der Waals surface area (Å²) < 4.78 is 0.816. The maximum absolute atomic E-state index is 11.8. The first-order chi connectivity index (χ1) is 7.99. The Hall–Kier alpha value is -1.07. The van der Waals surface area contributed by atoms with Gasteiger partial charge in [0, 0.05) is 22.3 Å². The van der Waals surface area contributed by atoms with Crippen molar-refractivity contribution in [3.63, 3.8) is 0 Å². The lowest BCUT2D eigenvalue weighted by Crippen LogP contribution is -2.27. The zero-order chi connectivity index (χ0) is 12.8. The highest BCUT2D eigenvalue weighted by Crippen LogP contribution is 2.17. The van der Waals surface area contributed by atoms with Crippen LogP contribution in [-0.4, -0.2) is 38.0 Å². The summed E-state index contributed by atoms with van der Waals surface area (Å²) in [5.41, 5.74) is 6.84. The van der Waals surface area contributed by atoms with Crippen LogP contribution in [0.4, 0.5) is 5.69 Å². The number of carbonyl (C=O) groups is 1. The van der Waals surface area contributed by atoms with Crippen LogP contribution in [0.3, 0.4) is 0 Å². The fourth-order valence-electron chi connectivity index (χ4n) is 1.44. The molecule has 0 saturated heterocycles. The number of nitrogen functional groups attached to an aromatic ring is 1. The van der Waals surface area contributed by atoms with Crippen LogP contribution >= 0.6 is 15.9 Å². The van der Waals surface area contributed by atoms with Gasteiger partial charge >= 0.3 is 0 Å². The first-order valence-corrected chi connectivity index (χ1v) is 6.27. The van der Waals surface area contributed by atoms with E-state index in [0.717, 1.165) is 17.4 Å². The average molecular weight is 300 g/mol. The molecule has 0 heterocycles. The maximum atomic E-state index is 11.8. The topological polar surface area (TPSA) is 58.4 Å². The molecule has 1 amide bonds. The van der Waals surface area contributed by atoms with E-state index in [9.17, 15) is 4.79 Å². The van der Waals surface area contributed by atoms with Crippen LogP contribution < -0.4 is 11.1 Å². The Balaban J connectivity index is 2.47. The van der Waals surface area contributed by atoms with Gasteiger partial charge in [0.05, 0.1) is 0 Å². The van der Waals surface area contributed by atoms with E-state index in [0.29, 0.717) is 17.8 Å². The molecular formula is C12H18BrN3O. The summed E-state index contributed by atoms with van der Waals surface area (Å²) in [6, 6.07) is 5.20. The molecule has 0 aliphatic carbocycles. The molecule has 0 aliphatic rings. The largest absolute Gasteiger partial charge is 0.399 e. The lowest BCUT2D eigenvalue weighted by molar-refractivity contribution is 0.0952. The smallest absolute Gasteiger partial charge is 0.251 e. The second-order valence-corrected chi connectivity index (χ2v) is 5.10. The van der Waals surface area contributed by atoms with Crippen molar-refractivity contribution < 1.29 is 4.79 Å². The molecule has 0 aliphatic heterocycles. The maximum Gasteiger partial charge on any atom is 0.251 e. The Bertz CT molecular complexity index is 373. The minimum Gasteiger partial charge on any atom is -0.399 e. The second kappa shape index (κ2) is 6.61. The monoisotopic (exact) mass is 299 g/mol. The number of carbonyl (C=O) groups excluding carboxylic acids is 1. The van der Waals surface area contributed by atoms with Crippen molar-refractivity contribution in [1.82, 2.24) is 10.2 Å². The quantitative estimate of drug-likeness (QED) is 0.643. The zero-order valence-electron chi connectivity index (χ0n) is 10.2. The number of benzene rings is 1. The molecule has 1 aromatic rings. The lowest BCUT2D eigenvalue weighted by atomic mass is 10.2. The van der Waals surface area contributed by atoms with Crippen molar-refractivity contribution >= 4 is 27.5 Å². The predicted molar refractivity (Wildman–Crippen MR) is 74.1 cm³/mol. The molecular weight excluding hydrogens is 282 g/mol. The van der Waals surface area contributed by atoms with Crippen molar-refractivity contribution in [3.05, 3.63) is 28.2 Å². The Morgan fingerprint density at radius 3 is 2.71 bits per heavy atom. The standard InChI is InChI=1S/C12H18BrN3O/c1-16(2)5-3-4-15-12(17)9-6-10(13)8-11(14)7-9/h6-8H,3-5,14H2,1-2H3,(H,15,17). The van der Waals surface area contributed by atoms with Crippen molar-refractivity contribution in [2.75, 3.05) is 32.9 Å². The molecule has 1 aromatic carbocycles. The second-order valence-electron chi connectivity index (χ2n) is 4.19. The number of nitrogens with one attached hydrogen (secondary N) is 1. The Labute approximate surface area is 110 Å². The first kappa shape index (κ1) is 14.0. The molecule has 0 unspecified atom stereocenters. The van der Waals surface area contributed by atoms with E-state index in [2.05, 4.69) is 26.1 Å². The van der Waals surface area contributed by atoms with E-state index in [1.54, 1.807) is 18.2 Å². The molecule has 5 heteroatoms. The van der Waals surface area contributed by atoms with Gasteiger partial charge in [-0.05, 0) is 45.3 Å². The number of halogens is 1. The number of rotatable bonds is 5. The van der Waals surface area contributed by atoms with Gasteiger partial charge in [-0.25, -0.2) is 0 Å². The highest BCUT2D eigenvalue weighted by molar-refractivity contribution is 9.10. The minimum atomic E-state index is -0.0863. The normalized spacial score (nSPS) is 10.6. The third-order valence-electron chi connectivity index (χ3n) is 2.25. The fourth-order valence-corrected chi connectivity index (χ4v) is 1.95. The Morgan fingerprint density at radius 2 is 2.12 bits per heavy atom. The van der Waals surface area contributed by atoms with Crippen molar-refractivity contribution in [2.45, 2.75) is 6.42 Å². The van der Waals surface area contributed by atoms with Crippen LogP contribution in [0.15, 0.2) is 22.7 Å². The van der Waals surface area contributed by atoms with E-state index in [1.165, 1.54) is 0 Å². The number of anilines is 1. The summed E-state index contributed by atoms with van der Waals surface area (Å²) in [6.45, 7) is 1.63. The van der Waals surface area contributed by atoms with Gasteiger partial charge < -0.3 is 16.0 Å². The van der Waals surface area contributed by atoms with Crippen LogP contribution in [0.2, 0.25) is 0 Å². The summed E-state index contributed by atoms with van der Waals surface area (Å²) >= 11 is 3.32. The van der Waals surface area contributed by atoms with E-state index in [-0.39, 0.29) is 5.91 Å². The van der Waals surface area contributed by atoms with Gasteiger partial charge in [0.25, 0.3) is 5.91 Å². The SMILES string of the molecule is CN(C)CCCNC(=O)c1cc(N)cc(Br)c1. The molecule has 0 fully saturated rings. The fraction of sp³-hybridized carbons (Fsp3) is 0.417. The number of hydrogen-bond donors (Lipinski definition) is 2. The summed E-state index contributed by atoms with van der Waals surface area (Å²) in [4.78, 5) is 13.9. The van der Waals surface area contributed by atoms with Crippen LogP contribution in [0.1, 0.15) is 16.8 Å². The molecule has 0 saturated carbocycles. The third-order valence-corrected chi connectivity index (χ3v) is 2.71. The molecule has 0 spiro atoms. The summed E-state index contributed by atoms with van der Waals surface area (Å²) in [7, 11) is 4.02. The Kier molecular flexibility index (Phi) is 5.44. The highest BCUT2D eigenvalue weighted by atomic mass is 79.9. The highest BCUT2D eigenvalue weighted by Gasteiger charge is 2.06. The molecule has 0 aromatic heterocycles. The van der Waals surface area contributed by atoms with Gasteiger partial charge in [-0.1, -0.05) is 15.9 Å². The van der Waals surface area contributed by atoms with Crippen molar-refractivity contribution in [3.8, 4) is 0 Å². The van der Waals surface area contributed by atoms with Gasteiger partial charge in [0.2, 0.25) is 0 Å². The molecule has 1 rings (SSSR count). The summed E-state index contributed by atoms with van der Waals surface area (Å²) in [5.74, 6) is -0.0863. The molecule has 94 valence electrons. The van der Waals surface area contributed by atoms with Crippen molar-refractivity contribution in [2.24, 2.45) is 0 Å². The predicted octanol–water partition coefficient (Wildman–Crippen LogP) is 1.71. The van der Waals surface area contributed by atoms with E-state index in [1.807, 2.05) is 14.1 Å². The van der Waals surface area contributed by atoms with E-state index in [4.69, 9.17) is 5.73 Å². The zero-order valence-corrected chi connectivity index (χ0v) is 11.8. The number of amides is 1. The van der Waals surface area contributed by atoms with Crippen LogP contribution in [0, 0.1) is 0 Å². The number of hydrogen-bond acceptors (Lipinski definition) is 3. The molecule has 0 atom stereocenters. The van der Waals surface area contributed by atoms with Gasteiger partial charge in [0.1, 0.15) is 0 Å². The number of nitrogens with two attached hydrogens (primary N) is 1. The van der Waals surface area contributed by atoms with Gasteiger partial charge in [-0.2, -0.15) is 0 Å². The van der Waals surface area contributed by atoms with Gasteiger partial charge in [0.15, 0.2) is 0 Å². The molecule has 4 nitrogen and oxygen atoms in total. The van der Waals surface area contributed by atoms with E-state index < -0.39 is 0 Å².